The molecule has 0 aromatic heterocycles. The molecule has 1 aromatic carbocycles. The highest BCUT2D eigenvalue weighted by Gasteiger charge is 2.51. The number of rotatable bonds is 4. The molecule has 2 saturated carbocycles. The Hall–Kier alpha value is -1.06. The van der Waals surface area contributed by atoms with Gasteiger partial charge in [0, 0.05) is 12.6 Å². The van der Waals surface area contributed by atoms with Gasteiger partial charge in [-0.25, -0.2) is 0 Å². The van der Waals surface area contributed by atoms with Gasteiger partial charge in [-0.3, -0.25) is 4.79 Å². The first kappa shape index (κ1) is 16.3. The van der Waals surface area contributed by atoms with Gasteiger partial charge in [-0.2, -0.15) is 0 Å². The van der Waals surface area contributed by atoms with E-state index in [0.29, 0.717) is 12.0 Å². The number of hydrogen-bond donors (Lipinski definition) is 2. The second kappa shape index (κ2) is 6.80. The predicted molar refractivity (Wildman–Crippen MR) is 87.5 cm³/mol. The molecule has 0 bridgehead atoms. The van der Waals surface area contributed by atoms with Crippen LogP contribution in [0.25, 0.3) is 0 Å². The molecule has 0 saturated heterocycles. The van der Waals surface area contributed by atoms with Crippen molar-refractivity contribution >= 4 is 18.3 Å². The summed E-state index contributed by atoms with van der Waals surface area (Å²) in [5.74, 6) is 0.775. The van der Waals surface area contributed by atoms with Crippen LogP contribution in [0.1, 0.15) is 44.1 Å². The van der Waals surface area contributed by atoms with Crippen molar-refractivity contribution in [2.75, 3.05) is 6.54 Å². The van der Waals surface area contributed by atoms with Crippen LogP contribution in [0.15, 0.2) is 30.3 Å². The summed E-state index contributed by atoms with van der Waals surface area (Å²) in [7, 11) is 0. The lowest BCUT2D eigenvalue weighted by Gasteiger charge is -2.27. The second-order valence-electron chi connectivity index (χ2n) is 6.45. The Balaban J connectivity index is 0.00000161. The van der Waals surface area contributed by atoms with Crippen molar-refractivity contribution in [2.45, 2.75) is 50.0 Å². The van der Waals surface area contributed by atoms with Crippen LogP contribution < -0.4 is 11.1 Å². The molecule has 116 valence electrons. The van der Waals surface area contributed by atoms with Crippen LogP contribution in [-0.4, -0.2) is 18.5 Å². The maximum absolute atomic E-state index is 12.5. The highest BCUT2D eigenvalue weighted by atomic mass is 35.5. The van der Waals surface area contributed by atoms with Gasteiger partial charge < -0.3 is 11.1 Å². The standard InChI is InChI=1S/C17H24N2O.ClH/c18-15-8-4-5-13(11-15)12-19-16(20)17(9-10-17)14-6-2-1-3-7-14;/h1-3,6-7,13,15H,4-5,8-12,18H2,(H,19,20);1H. The van der Waals surface area contributed by atoms with Gasteiger partial charge in [0.1, 0.15) is 0 Å². The zero-order valence-electron chi connectivity index (χ0n) is 12.4. The molecule has 2 unspecified atom stereocenters. The van der Waals surface area contributed by atoms with E-state index in [9.17, 15) is 4.79 Å². The van der Waals surface area contributed by atoms with Gasteiger partial charge in [0.15, 0.2) is 0 Å². The average Bonchev–Trinajstić information content (AvgIpc) is 3.27. The lowest BCUT2D eigenvalue weighted by Crippen LogP contribution is -2.40. The highest BCUT2D eigenvalue weighted by Crippen LogP contribution is 2.48. The summed E-state index contributed by atoms with van der Waals surface area (Å²) in [6, 6.07) is 10.5. The molecule has 0 aliphatic heterocycles. The zero-order chi connectivity index (χ0) is 14.0. The van der Waals surface area contributed by atoms with E-state index in [1.807, 2.05) is 18.2 Å². The number of carbonyl (C=O) groups is 1. The number of nitrogens with two attached hydrogens (primary N) is 1. The first-order valence-corrected chi connectivity index (χ1v) is 7.80. The van der Waals surface area contributed by atoms with E-state index in [1.54, 1.807) is 0 Å². The van der Waals surface area contributed by atoms with Crippen LogP contribution in [0.4, 0.5) is 0 Å². The van der Waals surface area contributed by atoms with Crippen LogP contribution >= 0.6 is 12.4 Å². The molecule has 3 nitrogen and oxygen atoms in total. The van der Waals surface area contributed by atoms with Crippen molar-refractivity contribution in [1.82, 2.24) is 5.32 Å². The molecule has 0 radical (unpaired) electrons. The smallest absolute Gasteiger partial charge is 0.230 e. The van der Waals surface area contributed by atoms with Crippen LogP contribution in [0.2, 0.25) is 0 Å². The van der Waals surface area contributed by atoms with Gasteiger partial charge in [0.05, 0.1) is 5.41 Å². The first-order chi connectivity index (χ1) is 9.71. The van der Waals surface area contributed by atoms with Gasteiger partial charge in [-0.15, -0.1) is 12.4 Å². The summed E-state index contributed by atoms with van der Waals surface area (Å²) < 4.78 is 0. The van der Waals surface area contributed by atoms with Crippen LogP contribution in [0.3, 0.4) is 0 Å². The lowest BCUT2D eigenvalue weighted by molar-refractivity contribution is -0.123. The van der Waals surface area contributed by atoms with Crippen molar-refractivity contribution in [3.05, 3.63) is 35.9 Å². The van der Waals surface area contributed by atoms with Crippen LogP contribution in [0.5, 0.6) is 0 Å². The van der Waals surface area contributed by atoms with E-state index in [2.05, 4.69) is 17.4 Å². The molecule has 1 aromatic rings. The number of nitrogens with one attached hydrogen (secondary N) is 1. The Morgan fingerprint density at radius 1 is 1.24 bits per heavy atom. The van der Waals surface area contributed by atoms with Gasteiger partial charge in [-0.05, 0) is 43.6 Å². The van der Waals surface area contributed by atoms with Crippen molar-refractivity contribution in [3.63, 3.8) is 0 Å². The minimum absolute atomic E-state index is 0. The molecule has 3 N–H and O–H groups in total. The quantitative estimate of drug-likeness (QED) is 0.898. The molecule has 4 heteroatoms. The lowest BCUT2D eigenvalue weighted by atomic mass is 9.86. The summed E-state index contributed by atoms with van der Waals surface area (Å²) in [6.45, 7) is 0.793. The summed E-state index contributed by atoms with van der Waals surface area (Å²) in [5, 5.41) is 3.18. The third-order valence-electron chi connectivity index (χ3n) is 4.89. The molecule has 2 atom stereocenters. The Bertz CT molecular complexity index is 473. The number of hydrogen-bond acceptors (Lipinski definition) is 2. The molecule has 21 heavy (non-hydrogen) atoms. The third-order valence-corrected chi connectivity index (χ3v) is 4.89. The predicted octanol–water partition coefficient (Wildman–Crippen LogP) is 2.77. The molecule has 3 rings (SSSR count). The molecule has 0 heterocycles. The van der Waals surface area contributed by atoms with Gasteiger partial charge in [-0.1, -0.05) is 36.8 Å². The van der Waals surface area contributed by atoms with Crippen molar-refractivity contribution in [3.8, 4) is 0 Å². The molecular formula is C17H25ClN2O. The molecular weight excluding hydrogens is 284 g/mol. The molecule has 2 fully saturated rings. The van der Waals surface area contributed by atoms with E-state index in [-0.39, 0.29) is 23.7 Å². The molecule has 0 spiro atoms. The van der Waals surface area contributed by atoms with E-state index in [0.717, 1.165) is 37.8 Å². The van der Waals surface area contributed by atoms with Crippen LogP contribution in [-0.2, 0) is 10.2 Å². The topological polar surface area (TPSA) is 55.1 Å². The van der Waals surface area contributed by atoms with E-state index >= 15 is 0 Å². The van der Waals surface area contributed by atoms with E-state index in [4.69, 9.17) is 5.73 Å². The summed E-state index contributed by atoms with van der Waals surface area (Å²) >= 11 is 0. The Kier molecular flexibility index (Phi) is 5.28. The van der Waals surface area contributed by atoms with Crippen LogP contribution in [0, 0.1) is 5.92 Å². The Morgan fingerprint density at radius 3 is 2.57 bits per heavy atom. The maximum Gasteiger partial charge on any atom is 0.230 e. The minimum atomic E-state index is -0.238. The Morgan fingerprint density at radius 2 is 1.95 bits per heavy atom. The number of amides is 1. The third kappa shape index (κ3) is 3.58. The number of benzene rings is 1. The summed E-state index contributed by atoms with van der Waals surface area (Å²) in [6.07, 6.45) is 6.55. The second-order valence-corrected chi connectivity index (χ2v) is 6.45. The van der Waals surface area contributed by atoms with Crippen molar-refractivity contribution in [1.29, 1.82) is 0 Å². The normalized spacial score (nSPS) is 26.5. The fraction of sp³-hybridized carbons (Fsp3) is 0.588. The number of halogens is 1. The highest BCUT2D eigenvalue weighted by molar-refractivity contribution is 5.91. The minimum Gasteiger partial charge on any atom is -0.355 e. The van der Waals surface area contributed by atoms with Crippen molar-refractivity contribution in [2.24, 2.45) is 11.7 Å². The molecule has 1 amide bonds. The Labute approximate surface area is 133 Å². The summed E-state index contributed by atoms with van der Waals surface area (Å²) in [5.41, 5.74) is 6.93. The van der Waals surface area contributed by atoms with E-state index < -0.39 is 0 Å². The fourth-order valence-electron chi connectivity index (χ4n) is 3.45. The molecule has 2 aliphatic carbocycles. The SMILES string of the molecule is Cl.NC1CCCC(CNC(=O)C2(c3ccccc3)CC2)C1. The largest absolute Gasteiger partial charge is 0.355 e. The fourth-order valence-corrected chi connectivity index (χ4v) is 3.45. The maximum atomic E-state index is 12.5. The zero-order valence-corrected chi connectivity index (χ0v) is 13.2. The number of carbonyl (C=O) groups excluding carboxylic acids is 1. The first-order valence-electron chi connectivity index (χ1n) is 7.80. The molecule has 2 aliphatic rings. The van der Waals surface area contributed by atoms with Crippen molar-refractivity contribution < 1.29 is 4.79 Å². The van der Waals surface area contributed by atoms with Gasteiger partial charge in [0.2, 0.25) is 5.91 Å². The monoisotopic (exact) mass is 308 g/mol. The summed E-state index contributed by atoms with van der Waals surface area (Å²) in [4.78, 5) is 12.5. The van der Waals surface area contributed by atoms with Gasteiger partial charge in [0.25, 0.3) is 0 Å². The van der Waals surface area contributed by atoms with E-state index in [1.165, 1.54) is 12.8 Å². The average molecular weight is 309 g/mol. The van der Waals surface area contributed by atoms with Gasteiger partial charge >= 0.3 is 0 Å².